The van der Waals surface area contributed by atoms with E-state index in [9.17, 15) is 9.59 Å². The highest BCUT2D eigenvalue weighted by Crippen LogP contribution is 2.44. The molecule has 3 atom stereocenters. The van der Waals surface area contributed by atoms with E-state index in [0.29, 0.717) is 11.8 Å². The van der Waals surface area contributed by atoms with Gasteiger partial charge in [0, 0.05) is 0 Å². The van der Waals surface area contributed by atoms with Gasteiger partial charge in [0.25, 0.3) is 0 Å². The van der Waals surface area contributed by atoms with Gasteiger partial charge in [0.1, 0.15) is 5.60 Å². The lowest BCUT2D eigenvalue weighted by Crippen LogP contribution is -2.34. The van der Waals surface area contributed by atoms with Crippen LogP contribution in [0.5, 0.6) is 0 Å². The van der Waals surface area contributed by atoms with E-state index < -0.39 is 5.97 Å². The number of allylic oxidation sites excluding steroid dienone is 1. The first-order chi connectivity index (χ1) is 13.9. The fourth-order valence-electron chi connectivity index (χ4n) is 5.19. The van der Waals surface area contributed by atoms with E-state index in [1.807, 2.05) is 6.08 Å². The van der Waals surface area contributed by atoms with Gasteiger partial charge in [-0.15, -0.1) is 0 Å². The first kappa shape index (κ1) is 24.9. The van der Waals surface area contributed by atoms with Crippen molar-refractivity contribution in [3.8, 4) is 0 Å². The van der Waals surface area contributed by atoms with E-state index in [2.05, 4.69) is 54.5 Å². The van der Waals surface area contributed by atoms with E-state index >= 15 is 0 Å². The van der Waals surface area contributed by atoms with E-state index in [-0.39, 0.29) is 34.9 Å². The van der Waals surface area contributed by atoms with Gasteiger partial charge in [0.2, 0.25) is 0 Å². The van der Waals surface area contributed by atoms with Crippen molar-refractivity contribution in [2.75, 3.05) is 6.61 Å². The molecule has 0 aromatic carbocycles. The molecule has 0 N–H and O–H groups in total. The van der Waals surface area contributed by atoms with E-state index in [4.69, 9.17) is 9.47 Å². The summed E-state index contributed by atoms with van der Waals surface area (Å²) in [5.41, 5.74) is 0.155. The quantitative estimate of drug-likeness (QED) is 0.349. The summed E-state index contributed by atoms with van der Waals surface area (Å²) in [6.45, 7) is 15.6. The van der Waals surface area contributed by atoms with Gasteiger partial charge >= 0.3 is 11.9 Å². The Morgan fingerprint density at radius 2 is 1.67 bits per heavy atom. The first-order valence-corrected chi connectivity index (χ1v) is 11.9. The molecule has 0 radical (unpaired) electrons. The zero-order valence-corrected chi connectivity index (χ0v) is 20.4. The second kappa shape index (κ2) is 9.87. The number of carbonyl (C=O) groups excluding carboxylic acids is 2. The van der Waals surface area contributed by atoms with Crippen LogP contribution in [0.4, 0.5) is 0 Å². The van der Waals surface area contributed by atoms with E-state index in [1.54, 1.807) is 0 Å². The highest BCUT2D eigenvalue weighted by molar-refractivity contribution is 5.79. The number of hydrogen-bond acceptors (Lipinski definition) is 4. The normalized spacial score (nSPS) is 25.0. The molecule has 30 heavy (non-hydrogen) atoms. The minimum absolute atomic E-state index is 0.217. The highest BCUT2D eigenvalue weighted by Gasteiger charge is 2.38. The molecule has 0 amide bonds. The van der Waals surface area contributed by atoms with Gasteiger partial charge in [-0.05, 0) is 74.0 Å². The molecule has 3 unspecified atom stereocenters. The Kier molecular flexibility index (Phi) is 8.21. The summed E-state index contributed by atoms with van der Waals surface area (Å²) < 4.78 is 11.0. The largest absolute Gasteiger partial charge is 0.457 e. The maximum absolute atomic E-state index is 12.5. The molecule has 0 heterocycles. The molecule has 4 heteroatoms. The Labute approximate surface area is 184 Å². The number of ether oxygens (including phenoxy) is 2. The smallest absolute Gasteiger partial charge is 0.344 e. The van der Waals surface area contributed by atoms with Gasteiger partial charge in [0.15, 0.2) is 6.61 Å². The number of hydrogen-bond donors (Lipinski definition) is 0. The summed E-state index contributed by atoms with van der Waals surface area (Å²) >= 11 is 0. The average Bonchev–Trinajstić information content (AvgIpc) is 3.12. The Balaban J connectivity index is 1.88. The van der Waals surface area contributed by atoms with Crippen LogP contribution in [0.25, 0.3) is 0 Å². The minimum atomic E-state index is -0.414. The third-order valence-corrected chi connectivity index (χ3v) is 6.99. The molecule has 172 valence electrons. The second-order valence-corrected chi connectivity index (χ2v) is 11.8. The van der Waals surface area contributed by atoms with Crippen molar-refractivity contribution in [1.29, 1.82) is 0 Å². The summed E-state index contributed by atoms with van der Waals surface area (Å²) in [5.74, 6) is 0.0720. The summed E-state index contributed by atoms with van der Waals surface area (Å²) in [7, 11) is 0. The molecule has 0 spiro atoms. The van der Waals surface area contributed by atoms with Crippen LogP contribution in [0.1, 0.15) is 99.8 Å². The molecule has 2 rings (SSSR count). The summed E-state index contributed by atoms with van der Waals surface area (Å²) in [6, 6.07) is 0. The second-order valence-electron chi connectivity index (χ2n) is 11.8. The molecule has 4 nitrogen and oxygen atoms in total. The molecule has 0 saturated heterocycles. The van der Waals surface area contributed by atoms with E-state index in [1.165, 1.54) is 0 Å². The zero-order chi connectivity index (χ0) is 22.6. The monoisotopic (exact) mass is 420 g/mol. The van der Waals surface area contributed by atoms with Crippen molar-refractivity contribution in [1.82, 2.24) is 0 Å². The number of esters is 2. The third-order valence-electron chi connectivity index (χ3n) is 6.99. The molecule has 1 fully saturated rings. The predicted octanol–water partition coefficient (Wildman–Crippen LogP) is 6.48. The van der Waals surface area contributed by atoms with Gasteiger partial charge in [-0.2, -0.15) is 0 Å². The Morgan fingerprint density at radius 3 is 2.13 bits per heavy atom. The third kappa shape index (κ3) is 7.13. The molecule has 0 bridgehead atoms. The standard InChI is InChI=1S/C26H44O4/c1-8-26(15-9-10-16-26)30-22(27)18-29-23(28)20-13-11-19(12-14-20)21(25(5,6)7)17-24(2,3)4/h11,13,19-21H,8-10,12,14-18H2,1-7H3. The van der Waals surface area contributed by atoms with Crippen LogP contribution >= 0.6 is 0 Å². The van der Waals surface area contributed by atoms with Gasteiger partial charge in [0.05, 0.1) is 5.92 Å². The van der Waals surface area contributed by atoms with Crippen LogP contribution in [0.2, 0.25) is 0 Å². The summed E-state index contributed by atoms with van der Waals surface area (Å²) in [5, 5.41) is 0. The molecule has 0 aliphatic heterocycles. The molecule has 1 saturated carbocycles. The molecule has 0 aromatic rings. The Morgan fingerprint density at radius 1 is 1.03 bits per heavy atom. The van der Waals surface area contributed by atoms with Crippen molar-refractivity contribution >= 4 is 11.9 Å². The maximum atomic E-state index is 12.5. The average molecular weight is 421 g/mol. The van der Waals surface area contributed by atoms with Crippen molar-refractivity contribution < 1.29 is 19.1 Å². The van der Waals surface area contributed by atoms with Crippen LogP contribution < -0.4 is 0 Å². The zero-order valence-electron chi connectivity index (χ0n) is 20.4. The topological polar surface area (TPSA) is 52.6 Å². The minimum Gasteiger partial charge on any atom is -0.457 e. The summed E-state index contributed by atoms with van der Waals surface area (Å²) in [6.07, 6.45) is 12.0. The van der Waals surface area contributed by atoms with Crippen LogP contribution in [0.15, 0.2) is 12.2 Å². The first-order valence-electron chi connectivity index (χ1n) is 11.9. The lowest BCUT2D eigenvalue weighted by atomic mass is 9.64. The molecular formula is C26H44O4. The molecular weight excluding hydrogens is 376 g/mol. The maximum Gasteiger partial charge on any atom is 0.344 e. The van der Waals surface area contributed by atoms with Crippen LogP contribution in [0.3, 0.4) is 0 Å². The van der Waals surface area contributed by atoms with Crippen molar-refractivity contribution in [3.63, 3.8) is 0 Å². The van der Waals surface area contributed by atoms with Gasteiger partial charge in [-0.3, -0.25) is 4.79 Å². The van der Waals surface area contributed by atoms with Crippen molar-refractivity contribution in [2.45, 2.75) is 105 Å². The van der Waals surface area contributed by atoms with Crippen LogP contribution in [0, 0.1) is 28.6 Å². The molecule has 0 aromatic heterocycles. The predicted molar refractivity (Wildman–Crippen MR) is 121 cm³/mol. The van der Waals surface area contributed by atoms with Crippen LogP contribution in [-0.4, -0.2) is 24.1 Å². The summed E-state index contributed by atoms with van der Waals surface area (Å²) in [4.78, 5) is 24.7. The SMILES string of the molecule is CCC1(OC(=O)COC(=O)C2C=CC(C(CC(C)(C)C)C(C)(C)C)CC2)CCCC1. The lowest BCUT2D eigenvalue weighted by molar-refractivity contribution is -0.171. The van der Waals surface area contributed by atoms with Crippen molar-refractivity contribution in [3.05, 3.63) is 12.2 Å². The van der Waals surface area contributed by atoms with Gasteiger partial charge in [-0.1, -0.05) is 60.6 Å². The Bertz CT molecular complexity index is 614. The number of rotatable bonds is 7. The lowest BCUT2D eigenvalue weighted by Gasteiger charge is -2.41. The fraction of sp³-hybridized carbons (Fsp3) is 0.846. The highest BCUT2D eigenvalue weighted by atomic mass is 16.6. The van der Waals surface area contributed by atoms with Crippen molar-refractivity contribution in [2.24, 2.45) is 28.6 Å². The van der Waals surface area contributed by atoms with E-state index in [0.717, 1.165) is 51.4 Å². The van der Waals surface area contributed by atoms with Gasteiger partial charge < -0.3 is 9.47 Å². The van der Waals surface area contributed by atoms with Gasteiger partial charge in [-0.25, -0.2) is 4.79 Å². The molecule has 2 aliphatic rings. The van der Waals surface area contributed by atoms with Crippen LogP contribution in [-0.2, 0) is 19.1 Å². The fourth-order valence-corrected chi connectivity index (χ4v) is 5.19. The molecule has 2 aliphatic carbocycles. The number of carbonyl (C=O) groups is 2. The Hall–Kier alpha value is -1.32.